The number of furan rings is 1. The maximum absolute atomic E-state index is 9.47. The van der Waals surface area contributed by atoms with Gasteiger partial charge in [0.25, 0.3) is 0 Å². The van der Waals surface area contributed by atoms with E-state index in [9.17, 15) is 5.11 Å². The van der Waals surface area contributed by atoms with Crippen LogP contribution in [0.4, 0.5) is 0 Å². The van der Waals surface area contributed by atoms with E-state index < -0.39 is 0 Å². The van der Waals surface area contributed by atoms with E-state index in [0.29, 0.717) is 11.5 Å². The van der Waals surface area contributed by atoms with Crippen LogP contribution in [-0.2, 0) is 0 Å². The highest BCUT2D eigenvalue weighted by Crippen LogP contribution is 2.32. The number of hydrogen-bond donors (Lipinski definition) is 1. The number of phenolic OH excluding ortho intramolecular Hbond substituents is 1. The maximum atomic E-state index is 9.47. The molecule has 0 radical (unpaired) electrons. The minimum Gasteiger partial charge on any atom is -0.504 e. The van der Waals surface area contributed by atoms with Crippen molar-refractivity contribution in [1.29, 1.82) is 0 Å². The minimum absolute atomic E-state index is 0.212. The first-order valence-corrected chi connectivity index (χ1v) is 4.39. The Morgan fingerprint density at radius 3 is 2.77 bits per heavy atom. The lowest BCUT2D eigenvalue weighted by atomic mass is 10.0. The molecule has 2 aromatic rings. The number of rotatable bonds is 1. The van der Waals surface area contributed by atoms with Crippen LogP contribution in [0, 0.1) is 0 Å². The number of hydrogen-bond acceptors (Lipinski definition) is 2. The standard InChI is InChI=1S/C11H12O2/c1-7(2)9-6-13-11-8(9)4-3-5-10(11)12/h3-7,12H,1-2H3. The summed E-state index contributed by atoms with van der Waals surface area (Å²) in [6.45, 7) is 4.21. The largest absolute Gasteiger partial charge is 0.504 e. The topological polar surface area (TPSA) is 33.4 Å². The highest BCUT2D eigenvalue weighted by atomic mass is 16.3. The molecule has 1 heterocycles. The summed E-state index contributed by atoms with van der Waals surface area (Å²) in [4.78, 5) is 0. The van der Waals surface area contributed by atoms with E-state index in [2.05, 4.69) is 13.8 Å². The SMILES string of the molecule is CC(C)c1coc2c(O)cccc12. The summed E-state index contributed by atoms with van der Waals surface area (Å²) in [7, 11) is 0. The zero-order chi connectivity index (χ0) is 9.42. The van der Waals surface area contributed by atoms with Gasteiger partial charge in [-0.3, -0.25) is 0 Å². The smallest absolute Gasteiger partial charge is 0.175 e. The molecule has 13 heavy (non-hydrogen) atoms. The molecule has 0 bridgehead atoms. The molecule has 0 fully saturated rings. The van der Waals surface area contributed by atoms with Crippen LogP contribution in [0.25, 0.3) is 11.0 Å². The molecule has 0 saturated carbocycles. The molecule has 2 rings (SSSR count). The lowest BCUT2D eigenvalue weighted by molar-refractivity contribution is 0.465. The Hall–Kier alpha value is -1.44. The number of benzene rings is 1. The molecular weight excluding hydrogens is 164 g/mol. The van der Waals surface area contributed by atoms with Crippen LogP contribution in [0.1, 0.15) is 25.3 Å². The zero-order valence-electron chi connectivity index (χ0n) is 7.74. The van der Waals surface area contributed by atoms with E-state index in [-0.39, 0.29) is 5.75 Å². The molecule has 68 valence electrons. The molecule has 1 N–H and O–H groups in total. The molecule has 2 nitrogen and oxygen atoms in total. The van der Waals surface area contributed by atoms with Gasteiger partial charge in [0.05, 0.1) is 6.26 Å². The lowest BCUT2D eigenvalue weighted by Gasteiger charge is -2.00. The van der Waals surface area contributed by atoms with E-state index in [1.807, 2.05) is 12.1 Å². The van der Waals surface area contributed by atoms with Gasteiger partial charge >= 0.3 is 0 Å². The fourth-order valence-corrected chi connectivity index (χ4v) is 1.51. The maximum Gasteiger partial charge on any atom is 0.175 e. The fourth-order valence-electron chi connectivity index (χ4n) is 1.51. The van der Waals surface area contributed by atoms with Gasteiger partial charge in [0.2, 0.25) is 0 Å². The zero-order valence-corrected chi connectivity index (χ0v) is 7.74. The van der Waals surface area contributed by atoms with Crippen LogP contribution >= 0.6 is 0 Å². The van der Waals surface area contributed by atoms with Crippen molar-refractivity contribution in [1.82, 2.24) is 0 Å². The second-order valence-corrected chi connectivity index (χ2v) is 3.50. The molecule has 1 aromatic heterocycles. The summed E-state index contributed by atoms with van der Waals surface area (Å²) < 4.78 is 5.29. The van der Waals surface area contributed by atoms with Gasteiger partial charge in [-0.15, -0.1) is 0 Å². The van der Waals surface area contributed by atoms with E-state index in [0.717, 1.165) is 10.9 Å². The monoisotopic (exact) mass is 176 g/mol. The third kappa shape index (κ3) is 1.18. The van der Waals surface area contributed by atoms with Crippen molar-refractivity contribution < 1.29 is 9.52 Å². The third-order valence-corrected chi connectivity index (χ3v) is 2.23. The van der Waals surface area contributed by atoms with Crippen molar-refractivity contribution in [2.24, 2.45) is 0 Å². The van der Waals surface area contributed by atoms with Crippen LogP contribution in [0.5, 0.6) is 5.75 Å². The Labute approximate surface area is 76.8 Å². The number of para-hydroxylation sites is 1. The molecule has 0 aliphatic carbocycles. The van der Waals surface area contributed by atoms with Gasteiger partial charge in [-0.05, 0) is 12.0 Å². The van der Waals surface area contributed by atoms with Crippen molar-refractivity contribution in [3.63, 3.8) is 0 Å². The Morgan fingerprint density at radius 2 is 2.08 bits per heavy atom. The lowest BCUT2D eigenvalue weighted by Crippen LogP contribution is -1.82. The molecule has 0 atom stereocenters. The first kappa shape index (κ1) is 8.17. The second kappa shape index (κ2) is 2.80. The van der Waals surface area contributed by atoms with Crippen molar-refractivity contribution in [3.8, 4) is 5.75 Å². The fraction of sp³-hybridized carbons (Fsp3) is 0.273. The quantitative estimate of drug-likeness (QED) is 0.723. The van der Waals surface area contributed by atoms with Crippen LogP contribution in [0.2, 0.25) is 0 Å². The van der Waals surface area contributed by atoms with E-state index in [4.69, 9.17) is 4.42 Å². The molecule has 0 aliphatic rings. The molecule has 0 spiro atoms. The van der Waals surface area contributed by atoms with E-state index >= 15 is 0 Å². The summed E-state index contributed by atoms with van der Waals surface area (Å²) in [5.41, 5.74) is 1.73. The summed E-state index contributed by atoms with van der Waals surface area (Å²) in [5, 5.41) is 10.5. The van der Waals surface area contributed by atoms with Crippen molar-refractivity contribution in [2.75, 3.05) is 0 Å². The van der Waals surface area contributed by atoms with Gasteiger partial charge in [-0.25, -0.2) is 0 Å². The Kier molecular flexibility index (Phi) is 1.76. The Morgan fingerprint density at radius 1 is 1.31 bits per heavy atom. The molecule has 2 heteroatoms. The van der Waals surface area contributed by atoms with Crippen molar-refractivity contribution in [3.05, 3.63) is 30.0 Å². The summed E-state index contributed by atoms with van der Waals surface area (Å²) in [6, 6.07) is 5.43. The van der Waals surface area contributed by atoms with Gasteiger partial charge in [-0.1, -0.05) is 26.0 Å². The number of aromatic hydroxyl groups is 1. The highest BCUT2D eigenvalue weighted by molar-refractivity contribution is 5.86. The summed E-state index contributed by atoms with van der Waals surface area (Å²) in [6.07, 6.45) is 1.72. The molecule has 0 unspecified atom stereocenters. The second-order valence-electron chi connectivity index (χ2n) is 3.50. The molecule has 0 saturated heterocycles. The van der Waals surface area contributed by atoms with Crippen LogP contribution in [-0.4, -0.2) is 5.11 Å². The average molecular weight is 176 g/mol. The van der Waals surface area contributed by atoms with Crippen molar-refractivity contribution >= 4 is 11.0 Å². The van der Waals surface area contributed by atoms with Gasteiger partial charge in [-0.2, -0.15) is 0 Å². The third-order valence-electron chi connectivity index (χ3n) is 2.23. The molecule has 0 amide bonds. The Balaban J connectivity index is 2.75. The van der Waals surface area contributed by atoms with Crippen molar-refractivity contribution in [2.45, 2.75) is 19.8 Å². The first-order chi connectivity index (χ1) is 6.20. The summed E-state index contributed by atoms with van der Waals surface area (Å²) >= 11 is 0. The highest BCUT2D eigenvalue weighted by Gasteiger charge is 2.10. The average Bonchev–Trinajstić information content (AvgIpc) is 2.48. The van der Waals surface area contributed by atoms with Gasteiger partial charge in [0, 0.05) is 10.9 Å². The number of fused-ring (bicyclic) bond motifs is 1. The molecule has 0 aliphatic heterocycles. The first-order valence-electron chi connectivity index (χ1n) is 4.39. The summed E-state index contributed by atoms with van der Waals surface area (Å²) in [5.74, 6) is 0.632. The minimum atomic E-state index is 0.212. The van der Waals surface area contributed by atoms with Gasteiger partial charge in [0.1, 0.15) is 0 Å². The predicted octanol–water partition coefficient (Wildman–Crippen LogP) is 3.26. The van der Waals surface area contributed by atoms with Gasteiger partial charge in [0.15, 0.2) is 11.3 Å². The number of phenols is 1. The van der Waals surface area contributed by atoms with E-state index in [1.165, 1.54) is 0 Å². The van der Waals surface area contributed by atoms with E-state index in [1.54, 1.807) is 12.3 Å². The Bertz CT molecular complexity index is 427. The molecular formula is C11H12O2. The van der Waals surface area contributed by atoms with Crippen LogP contribution in [0.15, 0.2) is 28.9 Å². The van der Waals surface area contributed by atoms with Gasteiger partial charge < -0.3 is 9.52 Å². The predicted molar refractivity (Wildman–Crippen MR) is 52.0 cm³/mol. The van der Waals surface area contributed by atoms with Crippen LogP contribution in [0.3, 0.4) is 0 Å². The normalized spacial score (nSPS) is 11.3. The van der Waals surface area contributed by atoms with Crippen LogP contribution < -0.4 is 0 Å². The molecule has 1 aromatic carbocycles.